The van der Waals surface area contributed by atoms with E-state index < -0.39 is 5.97 Å². The minimum Gasteiger partial charge on any atom is -0.481 e. The summed E-state index contributed by atoms with van der Waals surface area (Å²) in [6, 6.07) is 9.15. The molecule has 0 spiro atoms. The molecule has 2 N–H and O–H groups in total. The average Bonchev–Trinajstić information content (AvgIpc) is 2.84. The first-order chi connectivity index (χ1) is 9.63. The number of rotatable bonds is 6. The molecule has 0 aliphatic carbocycles. The molecule has 1 aromatic heterocycles. The summed E-state index contributed by atoms with van der Waals surface area (Å²) in [5.74, 6) is -1.09. The van der Waals surface area contributed by atoms with Crippen molar-refractivity contribution in [1.29, 1.82) is 0 Å². The van der Waals surface area contributed by atoms with Crippen LogP contribution in [0.2, 0.25) is 0 Å². The van der Waals surface area contributed by atoms with E-state index >= 15 is 0 Å². The van der Waals surface area contributed by atoms with Crippen molar-refractivity contribution in [3.63, 3.8) is 0 Å². The molecule has 7 nitrogen and oxygen atoms in total. The van der Waals surface area contributed by atoms with Gasteiger partial charge in [0.25, 0.3) is 0 Å². The SMILES string of the molecule is O=C(O)Cc1cn(CCC(=O)Nc2ccccc2)nn1. The highest BCUT2D eigenvalue weighted by Gasteiger charge is 2.07. The highest BCUT2D eigenvalue weighted by molar-refractivity contribution is 5.90. The number of nitrogens with one attached hydrogen (secondary N) is 1. The molecule has 0 saturated heterocycles. The largest absolute Gasteiger partial charge is 0.481 e. The smallest absolute Gasteiger partial charge is 0.309 e. The summed E-state index contributed by atoms with van der Waals surface area (Å²) in [7, 11) is 0. The van der Waals surface area contributed by atoms with Crippen molar-refractivity contribution < 1.29 is 14.7 Å². The molecule has 7 heteroatoms. The summed E-state index contributed by atoms with van der Waals surface area (Å²) in [5, 5.41) is 18.9. The molecule has 0 bridgehead atoms. The average molecular weight is 274 g/mol. The first-order valence-electron chi connectivity index (χ1n) is 6.09. The van der Waals surface area contributed by atoms with Gasteiger partial charge in [-0.05, 0) is 12.1 Å². The Bertz CT molecular complexity index is 595. The number of para-hydroxylation sites is 1. The summed E-state index contributed by atoms with van der Waals surface area (Å²) in [6.07, 6.45) is 1.60. The number of anilines is 1. The summed E-state index contributed by atoms with van der Waals surface area (Å²) >= 11 is 0. The predicted molar refractivity (Wildman–Crippen MR) is 71.1 cm³/mol. The number of benzene rings is 1. The molecule has 1 heterocycles. The highest BCUT2D eigenvalue weighted by atomic mass is 16.4. The van der Waals surface area contributed by atoms with Gasteiger partial charge in [0.2, 0.25) is 5.91 Å². The number of aromatic nitrogens is 3. The van der Waals surface area contributed by atoms with Crippen molar-refractivity contribution >= 4 is 17.6 Å². The lowest BCUT2D eigenvalue weighted by Gasteiger charge is -2.04. The maximum absolute atomic E-state index is 11.7. The van der Waals surface area contributed by atoms with Gasteiger partial charge in [-0.15, -0.1) is 5.10 Å². The normalized spacial score (nSPS) is 10.2. The van der Waals surface area contributed by atoms with Gasteiger partial charge in [-0.1, -0.05) is 23.4 Å². The van der Waals surface area contributed by atoms with Crippen molar-refractivity contribution in [1.82, 2.24) is 15.0 Å². The number of aliphatic carboxylic acids is 1. The zero-order valence-corrected chi connectivity index (χ0v) is 10.7. The van der Waals surface area contributed by atoms with Gasteiger partial charge >= 0.3 is 5.97 Å². The van der Waals surface area contributed by atoms with Crippen molar-refractivity contribution in [3.05, 3.63) is 42.2 Å². The summed E-state index contributed by atoms with van der Waals surface area (Å²) in [4.78, 5) is 22.2. The number of aryl methyl sites for hydroxylation is 1. The first kappa shape index (κ1) is 13.7. The lowest BCUT2D eigenvalue weighted by molar-refractivity contribution is -0.136. The van der Waals surface area contributed by atoms with Crippen molar-refractivity contribution in [2.24, 2.45) is 0 Å². The van der Waals surface area contributed by atoms with Gasteiger partial charge in [0, 0.05) is 18.3 Å². The summed E-state index contributed by atoms with van der Waals surface area (Å²) in [5.41, 5.74) is 1.11. The molecule has 0 saturated carbocycles. The van der Waals surface area contributed by atoms with Crippen LogP contribution in [-0.2, 0) is 22.6 Å². The lowest BCUT2D eigenvalue weighted by Crippen LogP contribution is -2.14. The number of carbonyl (C=O) groups excluding carboxylic acids is 1. The van der Waals surface area contributed by atoms with E-state index in [4.69, 9.17) is 5.11 Å². The Kier molecular flexibility index (Phi) is 4.43. The van der Waals surface area contributed by atoms with Crippen molar-refractivity contribution in [2.45, 2.75) is 19.4 Å². The third kappa shape index (κ3) is 4.20. The number of nitrogens with zero attached hydrogens (tertiary/aromatic N) is 3. The molecule has 2 rings (SSSR count). The Hall–Kier alpha value is -2.70. The van der Waals surface area contributed by atoms with E-state index in [1.165, 1.54) is 10.9 Å². The molecule has 0 aliphatic rings. The highest BCUT2D eigenvalue weighted by Crippen LogP contribution is 2.05. The predicted octanol–water partition coefficient (Wildman–Crippen LogP) is 0.934. The molecule has 0 aliphatic heterocycles. The molecular weight excluding hydrogens is 260 g/mol. The number of carboxylic acids is 1. The Morgan fingerprint density at radius 3 is 2.70 bits per heavy atom. The molecule has 1 amide bonds. The van der Waals surface area contributed by atoms with E-state index in [9.17, 15) is 9.59 Å². The van der Waals surface area contributed by atoms with Crippen LogP contribution < -0.4 is 5.32 Å². The monoisotopic (exact) mass is 274 g/mol. The molecule has 104 valence electrons. The number of hydrogen-bond acceptors (Lipinski definition) is 4. The van der Waals surface area contributed by atoms with Crippen LogP contribution in [0.5, 0.6) is 0 Å². The molecular formula is C13H14N4O3. The minimum atomic E-state index is -0.959. The molecule has 0 radical (unpaired) electrons. The van der Waals surface area contributed by atoms with Crippen LogP contribution in [0.1, 0.15) is 12.1 Å². The van der Waals surface area contributed by atoms with Gasteiger partial charge in [-0.3, -0.25) is 14.3 Å². The third-order valence-corrected chi connectivity index (χ3v) is 2.54. The van der Waals surface area contributed by atoms with Crippen LogP contribution >= 0.6 is 0 Å². The van der Waals surface area contributed by atoms with E-state index in [0.29, 0.717) is 12.2 Å². The standard InChI is InChI=1S/C13H14N4O3/c18-12(14-10-4-2-1-3-5-10)6-7-17-9-11(15-16-17)8-13(19)20/h1-5,9H,6-8H2,(H,14,18)(H,19,20). The molecule has 20 heavy (non-hydrogen) atoms. The first-order valence-corrected chi connectivity index (χ1v) is 6.09. The zero-order chi connectivity index (χ0) is 14.4. The fourth-order valence-corrected chi connectivity index (χ4v) is 1.64. The van der Waals surface area contributed by atoms with Gasteiger partial charge in [0.05, 0.1) is 18.7 Å². The van der Waals surface area contributed by atoms with Gasteiger partial charge in [-0.2, -0.15) is 0 Å². The van der Waals surface area contributed by atoms with Crippen LogP contribution in [0.4, 0.5) is 5.69 Å². The molecule has 0 unspecified atom stereocenters. The van der Waals surface area contributed by atoms with E-state index in [1.54, 1.807) is 12.1 Å². The van der Waals surface area contributed by atoms with Gasteiger partial charge in [0.1, 0.15) is 0 Å². The Balaban J connectivity index is 1.81. The summed E-state index contributed by atoms with van der Waals surface area (Å²) in [6.45, 7) is 0.352. The Morgan fingerprint density at radius 2 is 2.00 bits per heavy atom. The number of amides is 1. The fourth-order valence-electron chi connectivity index (χ4n) is 1.64. The molecule has 2 aromatic rings. The maximum atomic E-state index is 11.7. The second-order valence-electron chi connectivity index (χ2n) is 4.21. The number of hydrogen-bond donors (Lipinski definition) is 2. The fraction of sp³-hybridized carbons (Fsp3) is 0.231. The van der Waals surface area contributed by atoms with Crippen LogP contribution in [0.15, 0.2) is 36.5 Å². The van der Waals surface area contributed by atoms with Crippen molar-refractivity contribution in [2.75, 3.05) is 5.32 Å². The maximum Gasteiger partial charge on any atom is 0.309 e. The lowest BCUT2D eigenvalue weighted by atomic mass is 10.3. The third-order valence-electron chi connectivity index (χ3n) is 2.54. The second kappa shape index (κ2) is 6.46. The van der Waals surface area contributed by atoms with E-state index in [2.05, 4.69) is 15.6 Å². The molecule has 0 fully saturated rings. The number of carboxylic acid groups (broad SMARTS) is 1. The molecule has 0 atom stereocenters. The zero-order valence-electron chi connectivity index (χ0n) is 10.7. The van der Waals surface area contributed by atoms with Crippen LogP contribution in [-0.4, -0.2) is 32.0 Å². The number of carbonyl (C=O) groups is 2. The topological polar surface area (TPSA) is 97.1 Å². The van der Waals surface area contributed by atoms with E-state index in [0.717, 1.165) is 5.69 Å². The Labute approximate surface area is 115 Å². The van der Waals surface area contributed by atoms with Gasteiger partial charge < -0.3 is 10.4 Å². The quantitative estimate of drug-likeness (QED) is 0.816. The Morgan fingerprint density at radius 1 is 1.25 bits per heavy atom. The van der Waals surface area contributed by atoms with Crippen LogP contribution in [0, 0.1) is 0 Å². The van der Waals surface area contributed by atoms with Gasteiger partial charge in [0.15, 0.2) is 0 Å². The second-order valence-corrected chi connectivity index (χ2v) is 4.21. The van der Waals surface area contributed by atoms with Gasteiger partial charge in [-0.25, -0.2) is 0 Å². The van der Waals surface area contributed by atoms with E-state index in [1.807, 2.05) is 18.2 Å². The van der Waals surface area contributed by atoms with Crippen LogP contribution in [0.25, 0.3) is 0 Å². The minimum absolute atomic E-state index is 0.133. The van der Waals surface area contributed by atoms with Crippen molar-refractivity contribution in [3.8, 4) is 0 Å². The summed E-state index contributed by atoms with van der Waals surface area (Å²) < 4.78 is 1.46. The molecule has 1 aromatic carbocycles. The van der Waals surface area contributed by atoms with E-state index in [-0.39, 0.29) is 18.7 Å². The van der Waals surface area contributed by atoms with Crippen LogP contribution in [0.3, 0.4) is 0 Å².